The first kappa shape index (κ1) is 17.5. The predicted molar refractivity (Wildman–Crippen MR) is 109 cm³/mol. The largest absolute Gasteiger partial charge is 0.455 e. The fourth-order valence-electron chi connectivity index (χ4n) is 3.65. The second kappa shape index (κ2) is 7.10. The van der Waals surface area contributed by atoms with Crippen LogP contribution >= 0.6 is 0 Å². The average molecular weight is 387 g/mol. The van der Waals surface area contributed by atoms with Crippen molar-refractivity contribution in [2.75, 3.05) is 18.7 Å². The van der Waals surface area contributed by atoms with Crippen LogP contribution in [-0.2, 0) is 4.84 Å². The van der Waals surface area contributed by atoms with E-state index in [0.29, 0.717) is 6.67 Å². The zero-order chi connectivity index (χ0) is 19.8. The molecule has 0 radical (unpaired) electrons. The Balaban J connectivity index is 1.57. The maximum atomic E-state index is 6.22. The minimum Gasteiger partial charge on any atom is -0.455 e. The van der Waals surface area contributed by atoms with Crippen LogP contribution in [0.5, 0.6) is 11.5 Å². The van der Waals surface area contributed by atoms with Crippen molar-refractivity contribution < 1.29 is 9.57 Å². The lowest BCUT2D eigenvalue weighted by Gasteiger charge is -2.37. The fraction of sp³-hybridized carbons (Fsp3) is 0.182. The first-order chi connectivity index (χ1) is 14.2. The van der Waals surface area contributed by atoms with Crippen molar-refractivity contribution in [1.82, 2.24) is 9.96 Å². The lowest BCUT2D eigenvalue weighted by molar-refractivity contribution is -0.0952. The van der Waals surface area contributed by atoms with E-state index in [0.717, 1.165) is 40.9 Å². The zero-order valence-corrected chi connectivity index (χ0v) is 16.3. The summed E-state index contributed by atoms with van der Waals surface area (Å²) in [4.78, 5) is 9.62. The third-order valence-electron chi connectivity index (χ3n) is 4.96. The van der Waals surface area contributed by atoms with Crippen molar-refractivity contribution in [2.24, 2.45) is 10.2 Å². The van der Waals surface area contributed by atoms with Crippen molar-refractivity contribution in [3.05, 3.63) is 89.9 Å². The van der Waals surface area contributed by atoms with E-state index in [1.165, 1.54) is 5.57 Å². The second-order valence-electron chi connectivity index (χ2n) is 7.03. The van der Waals surface area contributed by atoms with E-state index in [2.05, 4.69) is 39.2 Å². The van der Waals surface area contributed by atoms with Gasteiger partial charge in [0.15, 0.2) is 11.6 Å². The molecule has 0 aromatic heterocycles. The van der Waals surface area contributed by atoms with Crippen LogP contribution < -0.4 is 9.64 Å². The van der Waals surface area contributed by atoms with Gasteiger partial charge in [-0.3, -0.25) is 14.6 Å². The Morgan fingerprint density at radius 3 is 2.55 bits per heavy atom. The summed E-state index contributed by atoms with van der Waals surface area (Å²) in [6.45, 7) is 2.65. The summed E-state index contributed by atoms with van der Waals surface area (Å²) < 4.78 is 6.22. The van der Waals surface area contributed by atoms with Crippen LogP contribution in [-0.4, -0.2) is 23.7 Å². The predicted octanol–water partition coefficient (Wildman–Crippen LogP) is 5.16. The van der Waals surface area contributed by atoms with Gasteiger partial charge in [-0.25, -0.2) is 5.06 Å². The van der Waals surface area contributed by atoms with Gasteiger partial charge in [0.1, 0.15) is 23.9 Å². The van der Waals surface area contributed by atoms with Crippen LogP contribution in [0.3, 0.4) is 0 Å². The highest BCUT2D eigenvalue weighted by Crippen LogP contribution is 2.42. The summed E-state index contributed by atoms with van der Waals surface area (Å²) in [6.07, 6.45) is 4.75. The van der Waals surface area contributed by atoms with Gasteiger partial charge in [0.25, 0.3) is 0 Å². The molecule has 2 aromatic carbocycles. The molecule has 0 unspecified atom stereocenters. The Bertz CT molecular complexity index is 1060. The van der Waals surface area contributed by atoms with Gasteiger partial charge < -0.3 is 4.74 Å². The molecule has 0 amide bonds. The number of nitrogens with zero attached hydrogens (tertiary/aromatic N) is 5. The van der Waals surface area contributed by atoms with E-state index in [1.807, 2.05) is 54.7 Å². The number of fused-ring (bicyclic) bond motifs is 2. The molecule has 0 spiro atoms. The molecule has 0 atom stereocenters. The highest BCUT2D eigenvalue weighted by Gasteiger charge is 2.35. The number of benzene rings is 2. The summed E-state index contributed by atoms with van der Waals surface area (Å²) in [7, 11) is 1.65. The van der Waals surface area contributed by atoms with Crippen molar-refractivity contribution in [3.8, 4) is 11.5 Å². The SMILES string of the molecule is CON1C=C2N=NC3=C(N2C1)N(c1ccccc1Oc1ccccc1)C=C(C)C3. The maximum absolute atomic E-state index is 6.22. The van der Waals surface area contributed by atoms with Gasteiger partial charge in [0.05, 0.1) is 19.0 Å². The van der Waals surface area contributed by atoms with Gasteiger partial charge >= 0.3 is 0 Å². The smallest absolute Gasteiger partial charge is 0.177 e. The maximum Gasteiger partial charge on any atom is 0.177 e. The summed E-state index contributed by atoms with van der Waals surface area (Å²) in [6, 6.07) is 17.8. The molecule has 3 heterocycles. The number of hydroxylamine groups is 2. The van der Waals surface area contributed by atoms with E-state index in [-0.39, 0.29) is 0 Å². The van der Waals surface area contributed by atoms with Crippen LogP contribution in [0.25, 0.3) is 0 Å². The van der Waals surface area contributed by atoms with Crippen molar-refractivity contribution in [3.63, 3.8) is 0 Å². The Hall–Kier alpha value is -3.58. The third-order valence-corrected chi connectivity index (χ3v) is 4.96. The molecule has 146 valence electrons. The average Bonchev–Trinajstić information content (AvgIpc) is 3.18. The Kier molecular flexibility index (Phi) is 4.29. The van der Waals surface area contributed by atoms with Gasteiger partial charge in [0, 0.05) is 12.6 Å². The van der Waals surface area contributed by atoms with Gasteiger partial charge in [-0.05, 0) is 31.2 Å². The zero-order valence-electron chi connectivity index (χ0n) is 16.3. The van der Waals surface area contributed by atoms with E-state index in [4.69, 9.17) is 9.57 Å². The highest BCUT2D eigenvalue weighted by molar-refractivity contribution is 5.67. The van der Waals surface area contributed by atoms with Crippen LogP contribution in [0.1, 0.15) is 13.3 Å². The minimum atomic E-state index is 0.550. The first-order valence-electron chi connectivity index (χ1n) is 9.46. The Morgan fingerprint density at radius 2 is 1.72 bits per heavy atom. The standard InChI is InChI=1S/C22H21N5O2/c1-16-12-18-22(27-15-25(28-2)14-21(27)24-23-18)26(13-16)19-10-6-7-11-20(19)29-17-8-4-3-5-9-17/h3-11,13-14H,12,15H2,1-2H3. The van der Waals surface area contributed by atoms with E-state index < -0.39 is 0 Å². The topological polar surface area (TPSA) is 52.9 Å². The van der Waals surface area contributed by atoms with Gasteiger partial charge in [-0.15, -0.1) is 10.2 Å². The number of anilines is 1. The molecule has 0 saturated carbocycles. The summed E-state index contributed by atoms with van der Waals surface area (Å²) in [5, 5.41) is 10.6. The molecular weight excluding hydrogens is 366 g/mol. The lowest BCUT2D eigenvalue weighted by atomic mass is 10.1. The van der Waals surface area contributed by atoms with Gasteiger partial charge in [0.2, 0.25) is 0 Å². The van der Waals surface area contributed by atoms with Crippen molar-refractivity contribution in [2.45, 2.75) is 13.3 Å². The van der Waals surface area contributed by atoms with Gasteiger partial charge in [-0.1, -0.05) is 35.9 Å². The molecule has 0 saturated heterocycles. The summed E-state index contributed by atoms with van der Waals surface area (Å²) in [5.41, 5.74) is 3.07. The molecule has 0 aliphatic carbocycles. The molecule has 2 aromatic rings. The molecule has 3 aliphatic heterocycles. The molecule has 5 rings (SSSR count). The van der Waals surface area contributed by atoms with Gasteiger partial charge in [-0.2, -0.15) is 0 Å². The summed E-state index contributed by atoms with van der Waals surface area (Å²) in [5.74, 6) is 3.29. The molecule has 0 bridgehead atoms. The number of rotatable bonds is 4. The van der Waals surface area contributed by atoms with E-state index in [1.54, 1.807) is 12.2 Å². The van der Waals surface area contributed by atoms with Crippen LogP contribution in [0.15, 0.2) is 100 Å². The monoisotopic (exact) mass is 387 g/mol. The number of para-hydroxylation sites is 3. The Labute approximate surface area is 169 Å². The fourth-order valence-corrected chi connectivity index (χ4v) is 3.65. The number of hydrogen-bond acceptors (Lipinski definition) is 7. The number of hydrogen-bond donors (Lipinski definition) is 0. The van der Waals surface area contributed by atoms with Crippen LogP contribution in [0.2, 0.25) is 0 Å². The van der Waals surface area contributed by atoms with Crippen molar-refractivity contribution >= 4 is 5.69 Å². The van der Waals surface area contributed by atoms with E-state index in [9.17, 15) is 0 Å². The number of azo groups is 1. The summed E-state index contributed by atoms with van der Waals surface area (Å²) >= 11 is 0. The molecule has 7 nitrogen and oxygen atoms in total. The van der Waals surface area contributed by atoms with Crippen LogP contribution in [0.4, 0.5) is 5.69 Å². The quantitative estimate of drug-likeness (QED) is 0.725. The second-order valence-corrected chi connectivity index (χ2v) is 7.03. The molecule has 29 heavy (non-hydrogen) atoms. The van der Waals surface area contributed by atoms with Crippen molar-refractivity contribution in [1.29, 1.82) is 0 Å². The molecule has 3 aliphatic rings. The third kappa shape index (κ3) is 3.15. The minimum absolute atomic E-state index is 0.550. The number of allylic oxidation sites excluding steroid dienone is 1. The highest BCUT2D eigenvalue weighted by atomic mass is 16.7. The number of ether oxygens (including phenoxy) is 1. The van der Waals surface area contributed by atoms with E-state index >= 15 is 0 Å². The lowest BCUT2D eigenvalue weighted by Crippen LogP contribution is -2.37. The molecule has 0 N–H and O–H groups in total. The molecule has 7 heteroatoms. The molecule has 0 fully saturated rings. The molecular formula is C22H21N5O2. The normalized spacial score (nSPS) is 17.8. The first-order valence-corrected chi connectivity index (χ1v) is 9.46. The Morgan fingerprint density at radius 1 is 0.931 bits per heavy atom. The van der Waals surface area contributed by atoms with Crippen LogP contribution in [0, 0.1) is 0 Å².